The molecule has 1 aromatic heterocycles. The number of H-pyrrole nitrogens is 1. The number of esters is 1. The number of piperidine rings is 1. The molecule has 0 radical (unpaired) electrons. The van der Waals surface area contributed by atoms with Crippen molar-refractivity contribution in [2.45, 2.75) is 45.4 Å². The number of carbonyl (C=O) groups excluding carboxylic acids is 2. The van der Waals surface area contributed by atoms with E-state index >= 15 is 0 Å². The molecule has 0 saturated carbocycles. The second-order valence-electron chi connectivity index (χ2n) is 6.71. The average molecular weight is 423 g/mol. The van der Waals surface area contributed by atoms with Crippen molar-refractivity contribution in [2.75, 3.05) is 24.5 Å². The molecule has 1 saturated heterocycles. The number of pyridine rings is 1. The number of aromatic amines is 1. The number of nitrogens with zero attached hydrogens (tertiary/aromatic N) is 1. The number of nitrogens with one attached hydrogen (secondary N) is 2. The van der Waals surface area contributed by atoms with Crippen LogP contribution < -0.4 is 15.2 Å². The highest BCUT2D eigenvalue weighted by Gasteiger charge is 2.36. The molecule has 2 heterocycles. The molecule has 1 atom stereocenters. The minimum absolute atomic E-state index is 0.0305. The van der Waals surface area contributed by atoms with Crippen molar-refractivity contribution in [1.29, 1.82) is 0 Å². The lowest BCUT2D eigenvalue weighted by Crippen LogP contribution is -2.42. The van der Waals surface area contributed by atoms with Crippen molar-refractivity contribution in [1.82, 2.24) is 5.32 Å². The van der Waals surface area contributed by atoms with E-state index in [-0.39, 0.29) is 16.8 Å². The van der Waals surface area contributed by atoms with Crippen LogP contribution in [0.15, 0.2) is 12.3 Å². The Hall–Kier alpha value is -2.03. The van der Waals surface area contributed by atoms with Gasteiger partial charge in [-0.25, -0.2) is 4.98 Å². The van der Waals surface area contributed by atoms with Crippen LogP contribution in [0.3, 0.4) is 0 Å². The quantitative estimate of drug-likeness (QED) is 0.715. The van der Waals surface area contributed by atoms with E-state index in [1.807, 2.05) is 6.92 Å². The largest absolute Gasteiger partial charge is 0.452 e. The van der Waals surface area contributed by atoms with E-state index in [1.165, 1.54) is 6.92 Å². The van der Waals surface area contributed by atoms with Crippen LogP contribution in [0.4, 0.5) is 19.0 Å². The predicted molar refractivity (Wildman–Crippen MR) is 96.8 cm³/mol. The molecule has 0 aromatic carbocycles. The lowest BCUT2D eigenvalue weighted by atomic mass is 9.97. The van der Waals surface area contributed by atoms with Gasteiger partial charge in [-0.15, -0.1) is 0 Å². The molecule has 0 aliphatic carbocycles. The Morgan fingerprint density at radius 3 is 2.57 bits per heavy atom. The number of alkyl halides is 3. The van der Waals surface area contributed by atoms with Crippen LogP contribution in [0.2, 0.25) is 5.02 Å². The summed E-state index contributed by atoms with van der Waals surface area (Å²) in [6.45, 7) is 4.82. The molecular formula is C18H24ClF3N3O3+. The first-order valence-electron chi connectivity index (χ1n) is 9.15. The Balaban J connectivity index is 1.90. The summed E-state index contributed by atoms with van der Waals surface area (Å²) in [6, 6.07) is 0.879. The minimum atomic E-state index is -4.48. The summed E-state index contributed by atoms with van der Waals surface area (Å²) >= 11 is 6.00. The molecule has 1 aliphatic heterocycles. The molecular weight excluding hydrogens is 399 g/mol. The maximum Gasteiger partial charge on any atom is 0.419 e. The molecule has 10 heteroatoms. The molecule has 0 bridgehead atoms. The number of carbonyl (C=O) groups is 2. The number of ether oxygens (including phenoxy) is 1. The van der Waals surface area contributed by atoms with Gasteiger partial charge < -0.3 is 10.1 Å². The molecule has 2 N–H and O–H groups in total. The Morgan fingerprint density at radius 2 is 2.04 bits per heavy atom. The van der Waals surface area contributed by atoms with Crippen LogP contribution >= 0.6 is 11.6 Å². The summed E-state index contributed by atoms with van der Waals surface area (Å²) in [7, 11) is 0. The van der Waals surface area contributed by atoms with Gasteiger partial charge in [-0.05, 0) is 32.3 Å². The lowest BCUT2D eigenvalue weighted by Gasteiger charge is -2.27. The van der Waals surface area contributed by atoms with E-state index in [1.54, 1.807) is 4.90 Å². The first-order chi connectivity index (χ1) is 13.1. The van der Waals surface area contributed by atoms with Crippen LogP contribution in [0, 0.1) is 5.92 Å². The van der Waals surface area contributed by atoms with E-state index in [2.05, 4.69) is 10.3 Å². The topological polar surface area (TPSA) is 72.8 Å². The molecule has 28 heavy (non-hydrogen) atoms. The lowest BCUT2D eigenvalue weighted by molar-refractivity contribution is -0.367. The molecule has 1 fully saturated rings. The normalized spacial score (nSPS) is 16.6. The third-order valence-electron chi connectivity index (χ3n) is 4.56. The van der Waals surface area contributed by atoms with E-state index in [0.717, 1.165) is 18.7 Å². The predicted octanol–water partition coefficient (Wildman–Crippen LogP) is 2.85. The SMILES string of the molecule is CCCNC(=O)[C@@H](C)OC(=O)C1CCN(c2[nH+]cc(C(F)(F)F)cc2Cl)CC1. The van der Waals surface area contributed by atoms with Crippen LogP contribution in [0.1, 0.15) is 38.7 Å². The maximum atomic E-state index is 12.7. The van der Waals surface area contributed by atoms with Gasteiger partial charge >= 0.3 is 12.1 Å². The van der Waals surface area contributed by atoms with Crippen molar-refractivity contribution in [3.05, 3.63) is 22.8 Å². The number of hydrogen-bond acceptors (Lipinski definition) is 4. The van der Waals surface area contributed by atoms with Gasteiger partial charge in [-0.2, -0.15) is 13.2 Å². The Labute approximate surface area is 166 Å². The highest BCUT2D eigenvalue weighted by molar-refractivity contribution is 6.32. The van der Waals surface area contributed by atoms with Crippen molar-refractivity contribution in [2.24, 2.45) is 5.92 Å². The van der Waals surface area contributed by atoms with E-state index in [0.29, 0.717) is 38.3 Å². The van der Waals surface area contributed by atoms with Crippen molar-refractivity contribution in [3.8, 4) is 0 Å². The Morgan fingerprint density at radius 1 is 1.39 bits per heavy atom. The van der Waals surface area contributed by atoms with Gasteiger partial charge in [0, 0.05) is 6.54 Å². The third-order valence-corrected chi connectivity index (χ3v) is 4.84. The fourth-order valence-electron chi connectivity index (χ4n) is 2.92. The van der Waals surface area contributed by atoms with E-state index in [9.17, 15) is 22.8 Å². The third kappa shape index (κ3) is 5.73. The smallest absolute Gasteiger partial charge is 0.419 e. The first kappa shape index (κ1) is 22.3. The highest BCUT2D eigenvalue weighted by atomic mass is 35.5. The van der Waals surface area contributed by atoms with Crippen molar-refractivity contribution >= 4 is 29.3 Å². The summed E-state index contributed by atoms with van der Waals surface area (Å²) in [5.74, 6) is -0.764. The standard InChI is InChI=1S/C18H23ClF3N3O3/c1-3-6-23-16(26)11(2)28-17(27)12-4-7-25(8-5-12)15-14(19)9-13(10-24-15)18(20,21)22/h9-12H,3-8H2,1-2H3,(H,23,26)/p+1/t11-/m1/s1. The van der Waals surface area contributed by atoms with Gasteiger partial charge in [0.05, 0.1) is 24.6 Å². The van der Waals surface area contributed by atoms with Crippen molar-refractivity contribution < 1.29 is 32.5 Å². The van der Waals surface area contributed by atoms with Crippen LogP contribution in [0.5, 0.6) is 0 Å². The van der Waals surface area contributed by atoms with Gasteiger partial charge in [0.1, 0.15) is 11.2 Å². The summed E-state index contributed by atoms with van der Waals surface area (Å²) in [5.41, 5.74) is -0.852. The number of amides is 1. The zero-order valence-electron chi connectivity index (χ0n) is 15.7. The molecule has 0 unspecified atom stereocenters. The molecule has 2 rings (SSSR count). The number of anilines is 1. The van der Waals surface area contributed by atoms with Crippen LogP contribution in [-0.2, 0) is 20.5 Å². The van der Waals surface area contributed by atoms with Gasteiger partial charge in [-0.1, -0.05) is 18.5 Å². The monoisotopic (exact) mass is 422 g/mol. The Kier molecular flexibility index (Phi) is 7.51. The highest BCUT2D eigenvalue weighted by Crippen LogP contribution is 2.33. The zero-order valence-corrected chi connectivity index (χ0v) is 16.5. The average Bonchev–Trinajstić information content (AvgIpc) is 2.65. The van der Waals surface area contributed by atoms with E-state index in [4.69, 9.17) is 16.3 Å². The second-order valence-corrected chi connectivity index (χ2v) is 7.12. The first-order valence-corrected chi connectivity index (χ1v) is 9.52. The number of halogens is 4. The number of rotatable bonds is 6. The minimum Gasteiger partial charge on any atom is -0.452 e. The van der Waals surface area contributed by atoms with Crippen molar-refractivity contribution in [3.63, 3.8) is 0 Å². The van der Waals surface area contributed by atoms with Crippen LogP contribution in [-0.4, -0.2) is 37.6 Å². The fourth-order valence-corrected chi connectivity index (χ4v) is 3.21. The fraction of sp³-hybridized carbons (Fsp3) is 0.611. The summed E-state index contributed by atoms with van der Waals surface area (Å²) in [4.78, 5) is 28.5. The second kappa shape index (κ2) is 9.45. The van der Waals surface area contributed by atoms with Gasteiger partial charge in [0.25, 0.3) is 11.7 Å². The van der Waals surface area contributed by atoms with E-state index < -0.39 is 23.8 Å². The molecule has 6 nitrogen and oxygen atoms in total. The molecule has 1 aliphatic rings. The molecule has 1 amide bonds. The number of hydrogen-bond donors (Lipinski definition) is 1. The van der Waals surface area contributed by atoms with Gasteiger partial charge in [-0.3, -0.25) is 14.5 Å². The summed E-state index contributed by atoms with van der Waals surface area (Å²) < 4.78 is 43.5. The Bertz CT molecular complexity index is 707. The molecule has 1 aromatic rings. The summed E-state index contributed by atoms with van der Waals surface area (Å²) in [6.07, 6.45) is -2.78. The molecule has 156 valence electrons. The zero-order chi connectivity index (χ0) is 20.9. The van der Waals surface area contributed by atoms with Crippen LogP contribution in [0.25, 0.3) is 0 Å². The maximum absolute atomic E-state index is 12.7. The summed E-state index contributed by atoms with van der Waals surface area (Å²) in [5, 5.41) is 2.64. The van der Waals surface area contributed by atoms with Gasteiger partial charge in [0.15, 0.2) is 6.10 Å². The van der Waals surface area contributed by atoms with Gasteiger partial charge in [0.2, 0.25) is 0 Å². The molecule has 0 spiro atoms. The number of aromatic nitrogens is 1.